The van der Waals surface area contributed by atoms with Gasteiger partial charge in [0.2, 0.25) is 0 Å². The van der Waals surface area contributed by atoms with Crippen molar-refractivity contribution >= 4 is 48.7 Å². The van der Waals surface area contributed by atoms with Crippen LogP contribution in [-0.2, 0) is 0 Å². The van der Waals surface area contributed by atoms with Crippen molar-refractivity contribution in [1.82, 2.24) is 10.6 Å². The molecular formula is C45H34N4S. The maximum Gasteiger partial charge on any atom is 0.131 e. The van der Waals surface area contributed by atoms with Crippen molar-refractivity contribution in [2.75, 3.05) is 4.90 Å². The van der Waals surface area contributed by atoms with Gasteiger partial charge in [-0.05, 0) is 52.1 Å². The number of fused-ring (bicyclic) bond motifs is 6. The summed E-state index contributed by atoms with van der Waals surface area (Å²) in [5.41, 5.74) is 9.69. The molecule has 10 rings (SSSR count). The lowest BCUT2D eigenvalue weighted by Gasteiger charge is -2.33. The first-order valence-corrected chi connectivity index (χ1v) is 18.1. The van der Waals surface area contributed by atoms with Gasteiger partial charge < -0.3 is 10.2 Å². The molecule has 4 nitrogen and oxygen atoms in total. The van der Waals surface area contributed by atoms with E-state index >= 15 is 0 Å². The van der Waals surface area contributed by atoms with E-state index in [-0.39, 0.29) is 24.3 Å². The summed E-state index contributed by atoms with van der Waals surface area (Å²) in [7, 11) is 0. The second-order valence-corrected chi connectivity index (χ2v) is 14.3. The fraction of sp³-hybridized carbons (Fsp3) is 0.0889. The van der Waals surface area contributed by atoms with Crippen LogP contribution in [0, 0.1) is 0 Å². The van der Waals surface area contributed by atoms with Gasteiger partial charge in [-0.15, -0.1) is 11.3 Å². The number of nitrogens with zero attached hydrogens (tertiary/aromatic N) is 2. The first-order chi connectivity index (χ1) is 24.8. The Bertz CT molecular complexity index is 2480. The van der Waals surface area contributed by atoms with Crippen molar-refractivity contribution in [3.63, 3.8) is 0 Å². The summed E-state index contributed by atoms with van der Waals surface area (Å²) < 4.78 is 2.67. The average molecular weight is 663 g/mol. The van der Waals surface area contributed by atoms with E-state index in [4.69, 9.17) is 4.99 Å². The highest BCUT2D eigenvalue weighted by atomic mass is 32.1. The van der Waals surface area contributed by atoms with Crippen molar-refractivity contribution < 1.29 is 0 Å². The molecule has 50 heavy (non-hydrogen) atoms. The van der Waals surface area contributed by atoms with Gasteiger partial charge in [-0.1, -0.05) is 146 Å². The number of hydrogen-bond donors (Lipinski definition) is 2. The van der Waals surface area contributed by atoms with Crippen LogP contribution in [0.1, 0.15) is 40.5 Å². The SMILES string of the molecule is C1=CC2c3ccc(-c4cccc5c4sc4ccccc45)cc3N(c3cccc(C4=NC(c5ccccc5)NC(c5ccccc5)N4)c3)C2C=C1. The Morgan fingerprint density at radius 3 is 2.26 bits per heavy atom. The maximum atomic E-state index is 5.24. The molecule has 0 saturated heterocycles. The first kappa shape index (κ1) is 29.2. The van der Waals surface area contributed by atoms with Crippen LogP contribution in [-0.4, -0.2) is 11.9 Å². The zero-order valence-corrected chi connectivity index (χ0v) is 28.1. The van der Waals surface area contributed by atoms with E-state index in [1.165, 1.54) is 48.1 Å². The zero-order chi connectivity index (χ0) is 33.0. The number of hydrogen-bond acceptors (Lipinski definition) is 5. The maximum absolute atomic E-state index is 5.24. The van der Waals surface area contributed by atoms with Gasteiger partial charge in [0.1, 0.15) is 18.2 Å². The topological polar surface area (TPSA) is 39.7 Å². The summed E-state index contributed by atoms with van der Waals surface area (Å²) in [4.78, 5) is 7.77. The van der Waals surface area contributed by atoms with Crippen molar-refractivity contribution in [2.45, 2.75) is 24.3 Å². The lowest BCUT2D eigenvalue weighted by atomic mass is 9.90. The van der Waals surface area contributed by atoms with Crippen LogP contribution < -0.4 is 15.5 Å². The molecule has 6 aromatic carbocycles. The molecule has 0 fully saturated rings. The van der Waals surface area contributed by atoms with Gasteiger partial charge >= 0.3 is 0 Å². The molecule has 5 heteroatoms. The number of thiophene rings is 1. The number of nitrogens with one attached hydrogen (secondary N) is 2. The van der Waals surface area contributed by atoms with Crippen molar-refractivity contribution in [3.8, 4) is 11.1 Å². The lowest BCUT2D eigenvalue weighted by molar-refractivity contribution is 0.409. The van der Waals surface area contributed by atoms with Crippen molar-refractivity contribution in [1.29, 1.82) is 0 Å². The Kier molecular flexibility index (Phi) is 7.00. The summed E-state index contributed by atoms with van der Waals surface area (Å²) in [5, 5.41) is 10.1. The molecule has 2 N–H and O–H groups in total. The van der Waals surface area contributed by atoms with Crippen LogP contribution in [0.3, 0.4) is 0 Å². The highest BCUT2D eigenvalue weighted by Crippen LogP contribution is 2.50. The molecule has 3 aliphatic rings. The Hall–Kier alpha value is -5.75. The van der Waals surface area contributed by atoms with E-state index in [9.17, 15) is 0 Å². The minimum absolute atomic E-state index is 0.0833. The van der Waals surface area contributed by atoms with Gasteiger partial charge in [-0.25, -0.2) is 4.99 Å². The third kappa shape index (κ3) is 4.89. The Labute approximate surface area is 295 Å². The Balaban J connectivity index is 1.07. The normalized spacial score (nSPS) is 20.8. The third-order valence-electron chi connectivity index (χ3n) is 10.3. The van der Waals surface area contributed by atoms with E-state index in [2.05, 4.69) is 185 Å². The lowest BCUT2D eigenvalue weighted by Crippen LogP contribution is -2.45. The predicted molar refractivity (Wildman–Crippen MR) is 209 cm³/mol. The summed E-state index contributed by atoms with van der Waals surface area (Å²) in [5.74, 6) is 1.17. The quantitative estimate of drug-likeness (QED) is 0.193. The summed E-state index contributed by atoms with van der Waals surface area (Å²) >= 11 is 1.89. The largest absolute Gasteiger partial charge is 0.350 e. The molecular weight excluding hydrogens is 629 g/mol. The zero-order valence-electron chi connectivity index (χ0n) is 27.3. The Morgan fingerprint density at radius 2 is 1.38 bits per heavy atom. The number of anilines is 2. The molecule has 2 aliphatic heterocycles. The molecule has 0 spiro atoms. The van der Waals surface area contributed by atoms with E-state index in [0.29, 0.717) is 0 Å². The van der Waals surface area contributed by atoms with Gasteiger partial charge in [0.25, 0.3) is 0 Å². The Morgan fingerprint density at radius 1 is 0.620 bits per heavy atom. The number of allylic oxidation sites excluding steroid dienone is 2. The standard InChI is InChI=1S/C45H34N4S/c1-3-13-29(14-4-1)43-46-44(30-15-5-2-6-16-30)48-45(47-43)32-17-11-18-33(27-32)49-39-23-9-7-19-35(39)36-26-25-31(28-40(36)49)34-21-12-22-38-37-20-8-10-24-41(37)50-42(34)38/h1-28,35,39,43-44,46H,(H,47,48). The molecule has 3 heterocycles. The number of benzene rings is 6. The molecule has 0 saturated carbocycles. The van der Waals surface area contributed by atoms with Crippen LogP contribution in [0.15, 0.2) is 175 Å². The highest BCUT2D eigenvalue weighted by Gasteiger charge is 2.38. The average Bonchev–Trinajstić information content (AvgIpc) is 3.74. The van der Waals surface area contributed by atoms with Crippen LogP contribution in [0.5, 0.6) is 0 Å². The van der Waals surface area contributed by atoms with Crippen molar-refractivity contribution in [3.05, 3.63) is 192 Å². The molecule has 0 bridgehead atoms. The highest BCUT2D eigenvalue weighted by molar-refractivity contribution is 7.26. The second-order valence-electron chi connectivity index (χ2n) is 13.2. The van der Waals surface area contributed by atoms with Gasteiger partial charge in [-0.2, -0.15) is 0 Å². The number of amidine groups is 1. The summed E-state index contributed by atoms with van der Waals surface area (Å²) in [6.07, 6.45) is 8.82. The monoisotopic (exact) mass is 662 g/mol. The van der Waals surface area contributed by atoms with Gasteiger partial charge in [0, 0.05) is 43.0 Å². The van der Waals surface area contributed by atoms with E-state index in [1.54, 1.807) is 0 Å². The fourth-order valence-corrected chi connectivity index (χ4v) is 9.15. The predicted octanol–water partition coefficient (Wildman–Crippen LogP) is 10.8. The molecule has 1 aromatic heterocycles. The van der Waals surface area contributed by atoms with E-state index < -0.39 is 0 Å². The molecule has 0 radical (unpaired) electrons. The summed E-state index contributed by atoms with van der Waals surface area (Å²) in [6.45, 7) is 0. The molecule has 1 aliphatic carbocycles. The minimum Gasteiger partial charge on any atom is -0.350 e. The first-order valence-electron chi connectivity index (χ1n) is 17.3. The van der Waals surface area contributed by atoms with Crippen LogP contribution in [0.2, 0.25) is 0 Å². The smallest absolute Gasteiger partial charge is 0.131 e. The molecule has 4 unspecified atom stereocenters. The van der Waals surface area contributed by atoms with Crippen LogP contribution >= 0.6 is 11.3 Å². The number of rotatable bonds is 5. The summed E-state index contributed by atoms with van der Waals surface area (Å²) in [6, 6.07) is 52.7. The van der Waals surface area contributed by atoms with Gasteiger partial charge in [0.05, 0.1) is 6.04 Å². The van der Waals surface area contributed by atoms with Crippen LogP contribution in [0.4, 0.5) is 11.4 Å². The second kappa shape index (κ2) is 12.0. The molecule has 4 atom stereocenters. The van der Waals surface area contributed by atoms with E-state index in [0.717, 1.165) is 22.6 Å². The van der Waals surface area contributed by atoms with Gasteiger partial charge in [-0.3, -0.25) is 5.32 Å². The van der Waals surface area contributed by atoms with Crippen molar-refractivity contribution in [2.24, 2.45) is 4.99 Å². The van der Waals surface area contributed by atoms with E-state index in [1.807, 2.05) is 11.3 Å². The third-order valence-corrected chi connectivity index (χ3v) is 11.5. The fourth-order valence-electron chi connectivity index (χ4n) is 7.91. The minimum atomic E-state index is -0.177. The van der Waals surface area contributed by atoms with Crippen LogP contribution in [0.25, 0.3) is 31.3 Å². The molecule has 0 amide bonds. The number of aliphatic imine (C=N–C) groups is 1. The molecule has 240 valence electrons. The molecule has 7 aromatic rings. The van der Waals surface area contributed by atoms with Gasteiger partial charge in [0.15, 0.2) is 0 Å².